The van der Waals surface area contributed by atoms with Gasteiger partial charge in [-0.2, -0.15) is 5.26 Å². The molecule has 0 radical (unpaired) electrons. The van der Waals surface area contributed by atoms with Crippen LogP contribution in [-0.4, -0.2) is 39.8 Å². The molecule has 0 spiro atoms. The lowest BCUT2D eigenvalue weighted by molar-refractivity contribution is -0.384. The van der Waals surface area contributed by atoms with E-state index in [0.717, 1.165) is 12.8 Å². The summed E-state index contributed by atoms with van der Waals surface area (Å²) < 4.78 is 0. The molecule has 0 atom stereocenters. The highest BCUT2D eigenvalue weighted by Gasteiger charge is 2.24. The lowest BCUT2D eigenvalue weighted by atomic mass is 10.0. The van der Waals surface area contributed by atoms with Crippen molar-refractivity contribution < 1.29 is 9.72 Å². The number of nitro groups is 1. The largest absolute Gasteiger partial charge is 0.367 e. The minimum absolute atomic E-state index is 0.00101. The first-order valence-corrected chi connectivity index (χ1v) is 8.93. The molecule has 2 heterocycles. The van der Waals surface area contributed by atoms with E-state index < -0.39 is 4.92 Å². The van der Waals surface area contributed by atoms with E-state index in [-0.39, 0.29) is 23.6 Å². The van der Waals surface area contributed by atoms with Crippen LogP contribution in [0.15, 0.2) is 24.3 Å². The number of non-ortho nitro benzene ring substituents is 1. The predicted octanol–water partition coefficient (Wildman–Crippen LogP) is 3.07. The highest BCUT2D eigenvalue weighted by atomic mass is 16.6. The van der Waals surface area contributed by atoms with Gasteiger partial charge in [-0.05, 0) is 25.0 Å². The number of nitriles is 1. The number of nitrogens with one attached hydrogen (secondary N) is 1. The first kappa shape index (κ1) is 18.6. The standard InChI is InChI=1S/C19H21N5O3/c1-12(2)19(25)23-7-5-14(6-8-23)21-18-9-13(11-20)16-10-15(24(26)27)3-4-17(16)22-18/h3-4,9-10,12,14H,5-8H2,1-2H3,(H,21,22). The number of likely N-dealkylation sites (tertiary alicyclic amines) is 1. The van der Waals surface area contributed by atoms with Crippen molar-refractivity contribution in [3.8, 4) is 6.07 Å². The summed E-state index contributed by atoms with van der Waals surface area (Å²) in [5, 5.41) is 24.2. The molecule has 1 saturated heterocycles. The maximum absolute atomic E-state index is 12.1. The molecule has 0 aliphatic carbocycles. The summed E-state index contributed by atoms with van der Waals surface area (Å²) in [5.41, 5.74) is 0.817. The lowest BCUT2D eigenvalue weighted by Gasteiger charge is -2.33. The van der Waals surface area contributed by atoms with Crippen LogP contribution in [0, 0.1) is 27.4 Å². The number of hydrogen-bond donors (Lipinski definition) is 1. The third-order valence-electron chi connectivity index (χ3n) is 4.78. The Morgan fingerprint density at radius 1 is 1.37 bits per heavy atom. The minimum atomic E-state index is -0.487. The zero-order chi connectivity index (χ0) is 19.6. The molecule has 3 rings (SSSR count). The Bertz CT molecular complexity index is 927. The van der Waals surface area contributed by atoms with Gasteiger partial charge < -0.3 is 10.2 Å². The van der Waals surface area contributed by atoms with Gasteiger partial charge in [0.15, 0.2) is 0 Å². The minimum Gasteiger partial charge on any atom is -0.367 e. The van der Waals surface area contributed by atoms with E-state index >= 15 is 0 Å². The van der Waals surface area contributed by atoms with Crippen molar-refractivity contribution in [2.45, 2.75) is 32.7 Å². The molecule has 0 saturated carbocycles. The molecule has 1 amide bonds. The van der Waals surface area contributed by atoms with Crippen molar-refractivity contribution in [1.29, 1.82) is 5.26 Å². The van der Waals surface area contributed by atoms with E-state index in [1.807, 2.05) is 18.7 Å². The molecule has 1 N–H and O–H groups in total. The summed E-state index contributed by atoms with van der Waals surface area (Å²) in [6.07, 6.45) is 1.61. The smallest absolute Gasteiger partial charge is 0.270 e. The van der Waals surface area contributed by atoms with Gasteiger partial charge in [-0.15, -0.1) is 0 Å². The Morgan fingerprint density at radius 2 is 2.07 bits per heavy atom. The van der Waals surface area contributed by atoms with E-state index in [2.05, 4.69) is 16.4 Å². The maximum atomic E-state index is 12.1. The molecule has 0 bridgehead atoms. The van der Waals surface area contributed by atoms with E-state index in [1.54, 1.807) is 12.1 Å². The van der Waals surface area contributed by atoms with Crippen LogP contribution < -0.4 is 5.32 Å². The fourth-order valence-corrected chi connectivity index (χ4v) is 3.31. The number of fused-ring (bicyclic) bond motifs is 1. The molecule has 1 aromatic carbocycles. The molecule has 140 valence electrons. The SMILES string of the molecule is CC(C)C(=O)N1CCC(Nc2cc(C#N)c3cc([N+](=O)[O-])ccc3n2)CC1. The van der Waals surface area contributed by atoms with Crippen molar-refractivity contribution in [1.82, 2.24) is 9.88 Å². The number of nitrogens with zero attached hydrogens (tertiary/aromatic N) is 4. The van der Waals surface area contributed by atoms with Crippen LogP contribution in [0.3, 0.4) is 0 Å². The number of nitro benzene ring substituents is 1. The van der Waals surface area contributed by atoms with Gasteiger partial charge in [0.25, 0.3) is 5.69 Å². The monoisotopic (exact) mass is 367 g/mol. The number of amides is 1. The summed E-state index contributed by atoms with van der Waals surface area (Å²) in [6, 6.07) is 8.20. The van der Waals surface area contributed by atoms with Crippen LogP contribution in [0.25, 0.3) is 10.9 Å². The Kier molecular flexibility index (Phi) is 5.21. The normalized spacial score (nSPS) is 15.0. The summed E-state index contributed by atoms with van der Waals surface area (Å²) in [7, 11) is 0. The second-order valence-electron chi connectivity index (χ2n) is 7.02. The summed E-state index contributed by atoms with van der Waals surface area (Å²) >= 11 is 0. The molecule has 8 heteroatoms. The molecule has 1 aliphatic rings. The number of rotatable bonds is 4. The first-order chi connectivity index (χ1) is 12.9. The number of hydrogen-bond acceptors (Lipinski definition) is 6. The highest BCUT2D eigenvalue weighted by Crippen LogP contribution is 2.26. The second-order valence-corrected chi connectivity index (χ2v) is 7.02. The summed E-state index contributed by atoms with van der Waals surface area (Å²) in [4.78, 5) is 28.9. The Hall–Kier alpha value is -3.21. The van der Waals surface area contributed by atoms with Crippen LogP contribution in [0.4, 0.5) is 11.5 Å². The van der Waals surface area contributed by atoms with Gasteiger partial charge >= 0.3 is 0 Å². The molecule has 27 heavy (non-hydrogen) atoms. The topological polar surface area (TPSA) is 112 Å². The molecular formula is C19H21N5O3. The average molecular weight is 367 g/mol. The van der Waals surface area contributed by atoms with Crippen LogP contribution in [0.1, 0.15) is 32.3 Å². The Balaban J connectivity index is 1.76. The lowest BCUT2D eigenvalue weighted by Crippen LogP contribution is -2.44. The molecule has 0 unspecified atom stereocenters. The van der Waals surface area contributed by atoms with Gasteiger partial charge in [-0.25, -0.2) is 4.98 Å². The fraction of sp³-hybridized carbons (Fsp3) is 0.421. The number of aromatic nitrogens is 1. The number of carbonyl (C=O) groups is 1. The van der Waals surface area contributed by atoms with Crippen molar-refractivity contribution in [3.05, 3.63) is 39.9 Å². The number of piperidine rings is 1. The third kappa shape index (κ3) is 3.97. The van der Waals surface area contributed by atoms with E-state index in [4.69, 9.17) is 0 Å². The van der Waals surface area contributed by atoms with Crippen molar-refractivity contribution in [2.75, 3.05) is 18.4 Å². The Labute approximate surface area is 156 Å². The maximum Gasteiger partial charge on any atom is 0.270 e. The third-order valence-corrected chi connectivity index (χ3v) is 4.78. The summed E-state index contributed by atoms with van der Waals surface area (Å²) in [6.45, 7) is 5.19. The van der Waals surface area contributed by atoms with Gasteiger partial charge in [-0.1, -0.05) is 13.8 Å². The van der Waals surface area contributed by atoms with E-state index in [0.29, 0.717) is 35.4 Å². The molecule has 2 aromatic rings. The van der Waals surface area contributed by atoms with Crippen LogP contribution in [-0.2, 0) is 4.79 Å². The predicted molar refractivity (Wildman–Crippen MR) is 101 cm³/mol. The highest BCUT2D eigenvalue weighted by molar-refractivity contribution is 5.88. The van der Waals surface area contributed by atoms with Crippen LogP contribution >= 0.6 is 0 Å². The summed E-state index contributed by atoms with van der Waals surface area (Å²) in [5.74, 6) is 0.742. The fourth-order valence-electron chi connectivity index (χ4n) is 3.31. The number of pyridine rings is 1. The number of carbonyl (C=O) groups excluding carboxylic acids is 1. The number of anilines is 1. The average Bonchev–Trinajstić information content (AvgIpc) is 2.66. The molecule has 1 aliphatic heterocycles. The van der Waals surface area contributed by atoms with Crippen molar-refractivity contribution >= 4 is 28.3 Å². The van der Waals surface area contributed by atoms with Gasteiger partial charge in [0.05, 0.1) is 22.1 Å². The van der Waals surface area contributed by atoms with Gasteiger partial charge in [0, 0.05) is 42.6 Å². The first-order valence-electron chi connectivity index (χ1n) is 8.93. The van der Waals surface area contributed by atoms with Crippen molar-refractivity contribution in [2.24, 2.45) is 5.92 Å². The van der Waals surface area contributed by atoms with Crippen LogP contribution in [0.2, 0.25) is 0 Å². The van der Waals surface area contributed by atoms with Crippen molar-refractivity contribution in [3.63, 3.8) is 0 Å². The van der Waals surface area contributed by atoms with Gasteiger partial charge in [0.2, 0.25) is 5.91 Å². The quantitative estimate of drug-likeness (QED) is 0.656. The van der Waals surface area contributed by atoms with Crippen LogP contribution in [0.5, 0.6) is 0 Å². The van der Waals surface area contributed by atoms with Gasteiger partial charge in [-0.3, -0.25) is 14.9 Å². The Morgan fingerprint density at radius 3 is 2.67 bits per heavy atom. The molecular weight excluding hydrogens is 346 g/mol. The van der Waals surface area contributed by atoms with E-state index in [1.165, 1.54) is 12.1 Å². The van der Waals surface area contributed by atoms with E-state index in [9.17, 15) is 20.2 Å². The zero-order valence-electron chi connectivity index (χ0n) is 15.3. The second kappa shape index (κ2) is 7.58. The van der Waals surface area contributed by atoms with Gasteiger partial charge in [0.1, 0.15) is 5.82 Å². The molecule has 8 nitrogen and oxygen atoms in total. The molecule has 1 fully saturated rings. The zero-order valence-corrected chi connectivity index (χ0v) is 15.3. The number of benzene rings is 1. The molecule has 1 aromatic heterocycles.